The van der Waals surface area contributed by atoms with Crippen LogP contribution in [0.4, 0.5) is 0 Å². The van der Waals surface area contributed by atoms with Gasteiger partial charge in [0.2, 0.25) is 0 Å². The molecule has 7 nitrogen and oxygen atoms in total. The van der Waals surface area contributed by atoms with E-state index >= 15 is 0 Å². The largest absolute Gasteiger partial charge is 0.490 e. The van der Waals surface area contributed by atoms with E-state index in [0.717, 1.165) is 18.4 Å². The highest BCUT2D eigenvalue weighted by atomic mass is 32.2. The zero-order valence-corrected chi connectivity index (χ0v) is 21.0. The highest BCUT2D eigenvalue weighted by molar-refractivity contribution is 8.18. The predicted octanol–water partition coefficient (Wildman–Crippen LogP) is 4.61. The van der Waals surface area contributed by atoms with Crippen molar-refractivity contribution >= 4 is 34.8 Å². The van der Waals surface area contributed by atoms with Crippen LogP contribution in [0.25, 0.3) is 6.08 Å². The van der Waals surface area contributed by atoms with Gasteiger partial charge >= 0.3 is 0 Å². The molecule has 2 fully saturated rings. The molecule has 1 heterocycles. The van der Waals surface area contributed by atoms with Crippen molar-refractivity contribution in [2.45, 2.75) is 78.4 Å². The summed E-state index contributed by atoms with van der Waals surface area (Å²) in [6, 6.07) is 5.98. The summed E-state index contributed by atoms with van der Waals surface area (Å²) in [5, 5.41) is 3.55. The molecule has 8 heteroatoms. The van der Waals surface area contributed by atoms with Gasteiger partial charge < -0.3 is 19.7 Å². The highest BCUT2D eigenvalue weighted by Crippen LogP contribution is 2.33. The number of hydrogen-bond acceptors (Lipinski definition) is 6. The maximum atomic E-state index is 12.6. The number of ether oxygens (including phenoxy) is 2. The third-order valence-corrected chi connectivity index (χ3v) is 6.52. The maximum Gasteiger partial charge on any atom is 0.264 e. The standard InChI is InChI=1S/C25H35N3O4S/c1-6-31-21-13-18(11-12-20(21)32-15-23(29)28(16(2)3)17(4)5)14-22-24(30)27-25(33-22)26-19-9-7-8-10-19/h11-14,16-17,19H,6-10,15H2,1-5H3,(H,26,27,30). The first-order chi connectivity index (χ1) is 15.8. The quantitative estimate of drug-likeness (QED) is 0.530. The van der Waals surface area contributed by atoms with E-state index in [9.17, 15) is 9.59 Å². The second-order valence-corrected chi connectivity index (χ2v) is 9.88. The van der Waals surface area contributed by atoms with Crippen LogP contribution in [0.3, 0.4) is 0 Å². The van der Waals surface area contributed by atoms with Crippen LogP contribution in [-0.4, -0.2) is 53.2 Å². The summed E-state index contributed by atoms with van der Waals surface area (Å²) in [6.45, 7) is 10.3. The van der Waals surface area contributed by atoms with Gasteiger partial charge in [-0.15, -0.1) is 0 Å². The van der Waals surface area contributed by atoms with Crippen LogP contribution in [-0.2, 0) is 9.59 Å². The number of hydrogen-bond donors (Lipinski definition) is 1. The summed E-state index contributed by atoms with van der Waals surface area (Å²) in [7, 11) is 0. The normalized spacial score (nSPS) is 19.1. The van der Waals surface area contributed by atoms with E-state index in [1.54, 1.807) is 11.0 Å². The van der Waals surface area contributed by atoms with E-state index < -0.39 is 0 Å². The molecular weight excluding hydrogens is 438 g/mol. The van der Waals surface area contributed by atoms with Crippen molar-refractivity contribution in [3.63, 3.8) is 0 Å². The molecule has 0 unspecified atom stereocenters. The number of benzene rings is 1. The van der Waals surface area contributed by atoms with Gasteiger partial charge in [0.1, 0.15) is 0 Å². The molecule has 3 rings (SSSR count). The van der Waals surface area contributed by atoms with Gasteiger partial charge in [-0.1, -0.05) is 18.9 Å². The van der Waals surface area contributed by atoms with E-state index in [-0.39, 0.29) is 30.5 Å². The van der Waals surface area contributed by atoms with Gasteiger partial charge in [-0.25, -0.2) is 0 Å². The molecule has 1 aromatic rings. The Balaban J connectivity index is 1.71. The molecule has 0 bridgehead atoms. The molecule has 1 aliphatic heterocycles. The van der Waals surface area contributed by atoms with Crippen molar-refractivity contribution in [2.75, 3.05) is 13.2 Å². The maximum absolute atomic E-state index is 12.6. The fourth-order valence-corrected chi connectivity index (χ4v) is 5.12. The second kappa shape index (κ2) is 11.6. The number of carbonyl (C=O) groups excluding carboxylic acids is 2. The van der Waals surface area contributed by atoms with Crippen LogP contribution in [0.15, 0.2) is 28.1 Å². The van der Waals surface area contributed by atoms with Gasteiger partial charge in [0.05, 0.1) is 17.6 Å². The molecule has 0 spiro atoms. The minimum absolute atomic E-state index is 0.0594. The van der Waals surface area contributed by atoms with Crippen LogP contribution >= 0.6 is 11.8 Å². The zero-order chi connectivity index (χ0) is 24.0. The zero-order valence-electron chi connectivity index (χ0n) is 20.2. The Morgan fingerprint density at radius 1 is 1.18 bits per heavy atom. The Hall–Kier alpha value is -2.48. The van der Waals surface area contributed by atoms with Crippen molar-refractivity contribution in [3.05, 3.63) is 28.7 Å². The topological polar surface area (TPSA) is 80.2 Å². The summed E-state index contributed by atoms with van der Waals surface area (Å²) in [4.78, 5) is 32.2. The van der Waals surface area contributed by atoms with Crippen molar-refractivity contribution in [3.8, 4) is 11.5 Å². The molecule has 1 aromatic carbocycles. The summed E-state index contributed by atoms with van der Waals surface area (Å²) < 4.78 is 11.6. The van der Waals surface area contributed by atoms with Crippen LogP contribution in [0, 0.1) is 0 Å². The fraction of sp³-hybridized carbons (Fsp3) is 0.560. The van der Waals surface area contributed by atoms with Crippen molar-refractivity contribution in [1.82, 2.24) is 10.2 Å². The number of nitrogens with one attached hydrogen (secondary N) is 1. The van der Waals surface area contributed by atoms with Gasteiger partial charge in [0.15, 0.2) is 23.3 Å². The molecule has 0 atom stereocenters. The first kappa shape index (κ1) is 25.1. The number of aliphatic imine (C=N–C) groups is 1. The smallest absolute Gasteiger partial charge is 0.264 e. The molecule has 2 amide bonds. The summed E-state index contributed by atoms with van der Waals surface area (Å²) in [6.07, 6.45) is 6.42. The monoisotopic (exact) mass is 473 g/mol. The lowest BCUT2D eigenvalue weighted by Gasteiger charge is -2.30. The molecule has 1 saturated carbocycles. The van der Waals surface area contributed by atoms with E-state index in [1.165, 1.54) is 24.6 Å². The van der Waals surface area contributed by atoms with E-state index in [4.69, 9.17) is 9.47 Å². The van der Waals surface area contributed by atoms with Crippen LogP contribution in [0.2, 0.25) is 0 Å². The lowest BCUT2D eigenvalue weighted by atomic mass is 10.2. The lowest BCUT2D eigenvalue weighted by molar-refractivity contribution is -0.137. The first-order valence-corrected chi connectivity index (χ1v) is 12.6. The Kier molecular flexibility index (Phi) is 8.83. The number of amidine groups is 1. The van der Waals surface area contributed by atoms with Crippen LogP contribution in [0.1, 0.15) is 65.9 Å². The number of carbonyl (C=O) groups is 2. The van der Waals surface area contributed by atoms with E-state index in [2.05, 4.69) is 10.3 Å². The number of rotatable bonds is 9. The Morgan fingerprint density at radius 3 is 2.52 bits per heavy atom. The Morgan fingerprint density at radius 2 is 1.88 bits per heavy atom. The summed E-state index contributed by atoms with van der Waals surface area (Å²) >= 11 is 1.37. The SMILES string of the molecule is CCOc1cc(C=C2SC(=NC3CCCC3)NC2=O)ccc1OCC(=O)N(C(C)C)C(C)C. The second-order valence-electron chi connectivity index (χ2n) is 8.85. The molecule has 0 aromatic heterocycles. The van der Waals surface area contributed by atoms with Crippen molar-refractivity contribution in [2.24, 2.45) is 4.99 Å². The number of amides is 2. The average Bonchev–Trinajstić information content (AvgIpc) is 3.37. The van der Waals surface area contributed by atoms with Gasteiger partial charge in [-0.2, -0.15) is 0 Å². The van der Waals surface area contributed by atoms with Crippen molar-refractivity contribution in [1.29, 1.82) is 0 Å². The summed E-state index contributed by atoms with van der Waals surface area (Å²) in [5.74, 6) is 0.847. The van der Waals surface area contributed by atoms with Crippen molar-refractivity contribution < 1.29 is 19.1 Å². The Bertz CT molecular complexity index is 912. The molecule has 2 aliphatic rings. The Labute approximate surface area is 201 Å². The number of nitrogens with zero attached hydrogens (tertiary/aromatic N) is 2. The average molecular weight is 474 g/mol. The molecular formula is C25H35N3O4S. The minimum Gasteiger partial charge on any atom is -0.490 e. The van der Waals surface area contributed by atoms with Gasteiger partial charge in [-0.3, -0.25) is 14.6 Å². The van der Waals surface area contributed by atoms with Gasteiger partial charge in [-0.05, 0) is 83.0 Å². The third kappa shape index (κ3) is 6.76. The molecule has 0 radical (unpaired) electrons. The van der Waals surface area contributed by atoms with Crippen LogP contribution < -0.4 is 14.8 Å². The minimum atomic E-state index is -0.136. The fourth-order valence-electron chi connectivity index (χ4n) is 4.23. The van der Waals surface area contributed by atoms with Gasteiger partial charge in [0, 0.05) is 12.1 Å². The molecule has 180 valence electrons. The molecule has 1 N–H and O–H groups in total. The lowest BCUT2D eigenvalue weighted by Crippen LogP contribution is -2.44. The summed E-state index contributed by atoms with van der Waals surface area (Å²) in [5.41, 5.74) is 0.822. The molecule has 1 saturated heterocycles. The van der Waals surface area contributed by atoms with Gasteiger partial charge in [0.25, 0.3) is 11.8 Å². The molecule has 1 aliphatic carbocycles. The highest BCUT2D eigenvalue weighted by Gasteiger charge is 2.26. The predicted molar refractivity (Wildman–Crippen MR) is 134 cm³/mol. The molecule has 33 heavy (non-hydrogen) atoms. The third-order valence-electron chi connectivity index (χ3n) is 5.59. The number of thioether (sulfide) groups is 1. The van der Waals surface area contributed by atoms with E-state index in [0.29, 0.717) is 34.2 Å². The first-order valence-electron chi connectivity index (χ1n) is 11.8. The van der Waals surface area contributed by atoms with Crippen LogP contribution in [0.5, 0.6) is 11.5 Å². The van der Waals surface area contributed by atoms with E-state index in [1.807, 2.05) is 52.8 Å².